The summed E-state index contributed by atoms with van der Waals surface area (Å²) in [7, 11) is 0. The van der Waals surface area contributed by atoms with Crippen LogP contribution >= 0.6 is 0 Å². The molecule has 1 amide bonds. The van der Waals surface area contributed by atoms with E-state index in [0.29, 0.717) is 0 Å². The zero-order valence-corrected chi connectivity index (χ0v) is 10.3. The number of primary amides is 1. The second-order valence-electron chi connectivity index (χ2n) is 3.94. The maximum Gasteiger partial charge on any atom is 0.433 e. The standard InChI is InChI=1S/C12H9F3N4O/c1-6-18-5-8(9(19-6)11(16)20)7-3-2-4-17-10(7)12(13,14)15/h2-5H,1H3,(H2,16,20). The molecule has 2 rings (SSSR count). The monoisotopic (exact) mass is 282 g/mol. The van der Waals surface area contributed by atoms with Crippen molar-refractivity contribution in [2.24, 2.45) is 5.73 Å². The van der Waals surface area contributed by atoms with Crippen LogP contribution in [0.25, 0.3) is 11.1 Å². The Morgan fingerprint density at radius 3 is 2.55 bits per heavy atom. The van der Waals surface area contributed by atoms with Gasteiger partial charge >= 0.3 is 6.18 Å². The van der Waals surface area contributed by atoms with E-state index in [4.69, 9.17) is 5.73 Å². The smallest absolute Gasteiger partial charge is 0.364 e. The van der Waals surface area contributed by atoms with E-state index < -0.39 is 17.8 Å². The van der Waals surface area contributed by atoms with Crippen molar-refractivity contribution in [1.29, 1.82) is 0 Å². The first-order chi connectivity index (χ1) is 9.30. The van der Waals surface area contributed by atoms with Crippen LogP contribution in [0.15, 0.2) is 24.5 Å². The number of halogens is 3. The number of hydrogen-bond donors (Lipinski definition) is 1. The Kier molecular flexibility index (Phi) is 3.39. The van der Waals surface area contributed by atoms with Crippen LogP contribution in [0.3, 0.4) is 0 Å². The average Bonchev–Trinajstić information content (AvgIpc) is 2.37. The van der Waals surface area contributed by atoms with Crippen LogP contribution in [0.1, 0.15) is 22.0 Å². The molecule has 2 heterocycles. The summed E-state index contributed by atoms with van der Waals surface area (Å²) in [6.45, 7) is 1.50. The molecular formula is C12H9F3N4O. The minimum atomic E-state index is -4.66. The lowest BCUT2D eigenvalue weighted by Gasteiger charge is -2.12. The molecule has 2 aromatic rings. The Balaban J connectivity index is 2.73. The number of nitrogens with two attached hydrogens (primary N) is 1. The summed E-state index contributed by atoms with van der Waals surface area (Å²) in [5.41, 5.74) is 3.39. The fraction of sp³-hybridized carbons (Fsp3) is 0.167. The van der Waals surface area contributed by atoms with Crippen LogP contribution in [-0.2, 0) is 6.18 Å². The summed E-state index contributed by atoms with van der Waals surface area (Å²) in [6, 6.07) is 2.52. The number of nitrogens with zero attached hydrogens (tertiary/aromatic N) is 3. The number of pyridine rings is 1. The molecule has 0 bridgehead atoms. The van der Waals surface area contributed by atoms with E-state index in [-0.39, 0.29) is 22.6 Å². The van der Waals surface area contributed by atoms with Crippen molar-refractivity contribution < 1.29 is 18.0 Å². The highest BCUT2D eigenvalue weighted by Crippen LogP contribution is 2.35. The highest BCUT2D eigenvalue weighted by atomic mass is 19.4. The molecule has 0 saturated carbocycles. The number of amides is 1. The number of alkyl halides is 3. The van der Waals surface area contributed by atoms with Crippen LogP contribution in [0.4, 0.5) is 13.2 Å². The summed E-state index contributed by atoms with van der Waals surface area (Å²) in [4.78, 5) is 22.3. The predicted octanol–water partition coefficient (Wildman–Crippen LogP) is 1.96. The lowest BCUT2D eigenvalue weighted by atomic mass is 10.0. The molecule has 0 aromatic carbocycles. The van der Waals surface area contributed by atoms with Crippen molar-refractivity contribution in [2.45, 2.75) is 13.1 Å². The molecule has 2 aromatic heterocycles. The maximum absolute atomic E-state index is 12.9. The highest BCUT2D eigenvalue weighted by molar-refractivity contribution is 5.98. The number of carbonyl (C=O) groups excluding carboxylic acids is 1. The van der Waals surface area contributed by atoms with Crippen molar-refractivity contribution in [2.75, 3.05) is 0 Å². The number of carbonyl (C=O) groups is 1. The van der Waals surface area contributed by atoms with Gasteiger partial charge in [-0.05, 0) is 13.0 Å². The molecular weight excluding hydrogens is 273 g/mol. The minimum Gasteiger partial charge on any atom is -0.364 e. The van der Waals surface area contributed by atoms with Gasteiger partial charge in [0.2, 0.25) is 0 Å². The van der Waals surface area contributed by atoms with E-state index in [1.54, 1.807) is 0 Å². The first-order valence-corrected chi connectivity index (χ1v) is 5.46. The van der Waals surface area contributed by atoms with Crippen LogP contribution in [0, 0.1) is 6.92 Å². The van der Waals surface area contributed by atoms with Crippen molar-refractivity contribution in [3.05, 3.63) is 41.7 Å². The molecule has 0 spiro atoms. The normalized spacial score (nSPS) is 11.4. The van der Waals surface area contributed by atoms with Crippen molar-refractivity contribution in [3.8, 4) is 11.1 Å². The Morgan fingerprint density at radius 2 is 1.95 bits per heavy atom. The molecule has 2 N–H and O–H groups in total. The Hall–Kier alpha value is -2.51. The molecule has 0 fully saturated rings. The average molecular weight is 282 g/mol. The summed E-state index contributed by atoms with van der Waals surface area (Å²) in [5.74, 6) is -0.692. The van der Waals surface area contributed by atoms with Gasteiger partial charge in [0.1, 0.15) is 11.5 Å². The maximum atomic E-state index is 12.9. The van der Waals surface area contributed by atoms with Gasteiger partial charge in [-0.25, -0.2) is 9.97 Å². The lowest BCUT2D eigenvalue weighted by Crippen LogP contribution is -2.17. The number of hydrogen-bond acceptors (Lipinski definition) is 4. The van der Waals surface area contributed by atoms with Gasteiger partial charge in [-0.1, -0.05) is 6.07 Å². The molecule has 20 heavy (non-hydrogen) atoms. The SMILES string of the molecule is Cc1ncc(-c2cccnc2C(F)(F)F)c(C(N)=O)n1. The van der Waals surface area contributed by atoms with Gasteiger partial charge in [-0.3, -0.25) is 9.78 Å². The van der Waals surface area contributed by atoms with Crippen LogP contribution in [-0.4, -0.2) is 20.9 Å². The third-order valence-corrected chi connectivity index (χ3v) is 2.51. The van der Waals surface area contributed by atoms with Gasteiger partial charge in [-0.2, -0.15) is 13.2 Å². The van der Waals surface area contributed by atoms with Gasteiger partial charge in [-0.15, -0.1) is 0 Å². The van der Waals surface area contributed by atoms with Gasteiger partial charge in [0, 0.05) is 23.5 Å². The third kappa shape index (κ3) is 2.58. The molecule has 5 nitrogen and oxygen atoms in total. The quantitative estimate of drug-likeness (QED) is 0.912. The Labute approximate surface area is 111 Å². The summed E-state index contributed by atoms with van der Waals surface area (Å²) < 4.78 is 38.8. The topological polar surface area (TPSA) is 81.8 Å². The van der Waals surface area contributed by atoms with E-state index in [0.717, 1.165) is 12.4 Å². The Bertz CT molecular complexity index is 670. The second-order valence-corrected chi connectivity index (χ2v) is 3.94. The molecule has 8 heteroatoms. The molecule has 0 saturated heterocycles. The summed E-state index contributed by atoms with van der Waals surface area (Å²) in [5, 5.41) is 0. The summed E-state index contributed by atoms with van der Waals surface area (Å²) in [6.07, 6.45) is -2.50. The van der Waals surface area contributed by atoms with E-state index in [1.807, 2.05) is 0 Å². The predicted molar refractivity (Wildman–Crippen MR) is 63.5 cm³/mol. The minimum absolute atomic E-state index is 0.0940. The molecule has 0 radical (unpaired) electrons. The number of rotatable bonds is 2. The van der Waals surface area contributed by atoms with Gasteiger partial charge in [0.15, 0.2) is 5.69 Å². The molecule has 0 aliphatic heterocycles. The van der Waals surface area contributed by atoms with Gasteiger partial charge in [0.25, 0.3) is 5.91 Å². The number of aryl methyl sites for hydroxylation is 1. The first-order valence-electron chi connectivity index (χ1n) is 5.46. The van der Waals surface area contributed by atoms with Crippen molar-refractivity contribution in [3.63, 3.8) is 0 Å². The van der Waals surface area contributed by atoms with Crippen LogP contribution in [0.5, 0.6) is 0 Å². The van der Waals surface area contributed by atoms with Gasteiger partial charge < -0.3 is 5.73 Å². The van der Waals surface area contributed by atoms with Gasteiger partial charge in [0.05, 0.1) is 0 Å². The van der Waals surface area contributed by atoms with Crippen LogP contribution in [0.2, 0.25) is 0 Å². The molecule has 104 valence electrons. The first kappa shape index (κ1) is 13.9. The number of aromatic nitrogens is 3. The molecule has 0 unspecified atom stereocenters. The second kappa shape index (κ2) is 4.87. The van der Waals surface area contributed by atoms with E-state index in [2.05, 4.69) is 15.0 Å². The highest BCUT2D eigenvalue weighted by Gasteiger charge is 2.36. The molecule has 0 aliphatic rings. The summed E-state index contributed by atoms with van der Waals surface area (Å²) >= 11 is 0. The fourth-order valence-corrected chi connectivity index (χ4v) is 1.70. The zero-order valence-electron chi connectivity index (χ0n) is 10.3. The molecule has 0 aliphatic carbocycles. The van der Waals surface area contributed by atoms with E-state index >= 15 is 0 Å². The largest absolute Gasteiger partial charge is 0.433 e. The van der Waals surface area contributed by atoms with Crippen molar-refractivity contribution in [1.82, 2.24) is 15.0 Å². The zero-order chi connectivity index (χ0) is 14.9. The van der Waals surface area contributed by atoms with E-state index in [9.17, 15) is 18.0 Å². The van der Waals surface area contributed by atoms with Crippen molar-refractivity contribution >= 4 is 5.91 Å². The third-order valence-electron chi connectivity index (χ3n) is 2.51. The van der Waals surface area contributed by atoms with E-state index in [1.165, 1.54) is 19.1 Å². The molecule has 0 atom stereocenters. The lowest BCUT2D eigenvalue weighted by molar-refractivity contribution is -0.140. The fourth-order valence-electron chi connectivity index (χ4n) is 1.70. The van der Waals surface area contributed by atoms with Crippen LogP contribution < -0.4 is 5.73 Å². The Morgan fingerprint density at radius 1 is 1.25 bits per heavy atom.